The van der Waals surface area contributed by atoms with Gasteiger partial charge in [-0.05, 0) is 43.5 Å². The molecule has 0 aliphatic carbocycles. The standard InChI is InChI=1S/C19H23N3/c1-3-22-18-10-9-14(2)11-17(18)21-19(22)16(13-20)12-15-7-5-4-6-8-15/h4-11,16H,3,12-13,20H2,1-2H3. The molecule has 0 radical (unpaired) electrons. The molecule has 1 atom stereocenters. The van der Waals surface area contributed by atoms with Crippen LogP contribution in [0.25, 0.3) is 11.0 Å². The van der Waals surface area contributed by atoms with Gasteiger partial charge in [-0.3, -0.25) is 0 Å². The smallest absolute Gasteiger partial charge is 0.114 e. The highest BCUT2D eigenvalue weighted by atomic mass is 15.1. The summed E-state index contributed by atoms with van der Waals surface area (Å²) in [6.45, 7) is 5.80. The molecule has 114 valence electrons. The molecule has 1 aromatic heterocycles. The molecule has 1 unspecified atom stereocenters. The van der Waals surface area contributed by atoms with E-state index in [1.54, 1.807) is 0 Å². The number of rotatable bonds is 5. The van der Waals surface area contributed by atoms with Gasteiger partial charge in [-0.2, -0.15) is 0 Å². The van der Waals surface area contributed by atoms with Crippen LogP contribution < -0.4 is 5.73 Å². The molecule has 22 heavy (non-hydrogen) atoms. The summed E-state index contributed by atoms with van der Waals surface area (Å²) < 4.78 is 2.30. The minimum Gasteiger partial charge on any atom is -0.330 e. The van der Waals surface area contributed by atoms with Crippen LogP contribution in [0.2, 0.25) is 0 Å². The lowest BCUT2D eigenvalue weighted by atomic mass is 9.98. The van der Waals surface area contributed by atoms with Crippen LogP contribution in [0.15, 0.2) is 48.5 Å². The van der Waals surface area contributed by atoms with E-state index >= 15 is 0 Å². The van der Waals surface area contributed by atoms with E-state index in [1.165, 1.54) is 16.6 Å². The number of nitrogens with zero attached hydrogens (tertiary/aromatic N) is 2. The summed E-state index contributed by atoms with van der Waals surface area (Å²) in [6.07, 6.45) is 0.930. The van der Waals surface area contributed by atoms with Crippen molar-refractivity contribution in [2.75, 3.05) is 6.54 Å². The van der Waals surface area contributed by atoms with Crippen LogP contribution in [0, 0.1) is 6.92 Å². The monoisotopic (exact) mass is 293 g/mol. The Morgan fingerprint density at radius 3 is 2.59 bits per heavy atom. The number of hydrogen-bond donors (Lipinski definition) is 1. The fraction of sp³-hybridized carbons (Fsp3) is 0.316. The average molecular weight is 293 g/mol. The third kappa shape index (κ3) is 2.77. The van der Waals surface area contributed by atoms with Gasteiger partial charge in [0.2, 0.25) is 0 Å². The number of fused-ring (bicyclic) bond motifs is 1. The van der Waals surface area contributed by atoms with Gasteiger partial charge in [0.05, 0.1) is 11.0 Å². The van der Waals surface area contributed by atoms with Crippen molar-refractivity contribution in [2.45, 2.75) is 32.7 Å². The maximum absolute atomic E-state index is 6.07. The lowest BCUT2D eigenvalue weighted by molar-refractivity contribution is 0.598. The Morgan fingerprint density at radius 1 is 1.14 bits per heavy atom. The van der Waals surface area contributed by atoms with Gasteiger partial charge in [-0.25, -0.2) is 4.98 Å². The third-order valence-corrected chi connectivity index (χ3v) is 4.22. The number of imidazole rings is 1. The van der Waals surface area contributed by atoms with Crippen LogP contribution in [0.4, 0.5) is 0 Å². The van der Waals surface area contributed by atoms with Crippen molar-refractivity contribution in [1.29, 1.82) is 0 Å². The lowest BCUT2D eigenvalue weighted by Gasteiger charge is -2.16. The van der Waals surface area contributed by atoms with E-state index < -0.39 is 0 Å². The Kier molecular flexibility index (Phi) is 4.25. The summed E-state index contributed by atoms with van der Waals surface area (Å²) >= 11 is 0. The minimum absolute atomic E-state index is 0.245. The van der Waals surface area contributed by atoms with Crippen LogP contribution in [0.1, 0.15) is 29.8 Å². The summed E-state index contributed by atoms with van der Waals surface area (Å²) in [5, 5.41) is 0. The van der Waals surface area contributed by atoms with Gasteiger partial charge < -0.3 is 10.3 Å². The van der Waals surface area contributed by atoms with Gasteiger partial charge in [-0.1, -0.05) is 36.4 Å². The van der Waals surface area contributed by atoms with Crippen LogP contribution in [-0.2, 0) is 13.0 Å². The average Bonchev–Trinajstić information content (AvgIpc) is 2.90. The van der Waals surface area contributed by atoms with Crippen molar-refractivity contribution >= 4 is 11.0 Å². The van der Waals surface area contributed by atoms with E-state index in [0.717, 1.165) is 24.3 Å². The van der Waals surface area contributed by atoms with E-state index in [1.807, 2.05) is 6.07 Å². The van der Waals surface area contributed by atoms with E-state index in [0.29, 0.717) is 6.54 Å². The number of nitrogens with two attached hydrogens (primary N) is 1. The Hall–Kier alpha value is -2.13. The predicted octanol–water partition coefficient (Wildman–Crippen LogP) is 3.65. The first-order valence-electron chi connectivity index (χ1n) is 7.93. The summed E-state index contributed by atoms with van der Waals surface area (Å²) in [6, 6.07) is 17.0. The molecule has 3 aromatic rings. The molecule has 0 amide bonds. The number of hydrogen-bond acceptors (Lipinski definition) is 2. The highest BCUT2D eigenvalue weighted by molar-refractivity contribution is 5.77. The van der Waals surface area contributed by atoms with Crippen LogP contribution in [0.3, 0.4) is 0 Å². The van der Waals surface area contributed by atoms with Crippen molar-refractivity contribution in [3.05, 3.63) is 65.5 Å². The molecule has 3 rings (SSSR count). The largest absolute Gasteiger partial charge is 0.330 e. The Labute approximate surface area is 131 Å². The Morgan fingerprint density at radius 2 is 1.91 bits per heavy atom. The highest BCUT2D eigenvalue weighted by Crippen LogP contribution is 2.25. The molecular weight excluding hydrogens is 270 g/mol. The molecule has 1 heterocycles. The van der Waals surface area contributed by atoms with E-state index in [4.69, 9.17) is 10.7 Å². The fourth-order valence-electron chi connectivity index (χ4n) is 3.08. The first-order valence-corrected chi connectivity index (χ1v) is 7.93. The zero-order valence-electron chi connectivity index (χ0n) is 13.3. The predicted molar refractivity (Wildman–Crippen MR) is 92.1 cm³/mol. The first kappa shape index (κ1) is 14.8. The van der Waals surface area contributed by atoms with Crippen LogP contribution in [0.5, 0.6) is 0 Å². The zero-order valence-corrected chi connectivity index (χ0v) is 13.3. The second-order valence-electron chi connectivity index (χ2n) is 5.83. The van der Waals surface area contributed by atoms with Crippen molar-refractivity contribution in [3.63, 3.8) is 0 Å². The molecule has 3 nitrogen and oxygen atoms in total. The Balaban J connectivity index is 2.02. The molecule has 0 saturated heterocycles. The molecule has 0 saturated carbocycles. The van der Waals surface area contributed by atoms with E-state index in [2.05, 4.69) is 60.9 Å². The first-order chi connectivity index (χ1) is 10.7. The van der Waals surface area contributed by atoms with E-state index in [9.17, 15) is 0 Å². The molecule has 3 heteroatoms. The molecule has 0 aliphatic rings. The number of benzene rings is 2. The Bertz CT molecular complexity index is 759. The lowest BCUT2D eigenvalue weighted by Crippen LogP contribution is -2.19. The maximum atomic E-state index is 6.07. The van der Waals surface area contributed by atoms with Crippen LogP contribution in [-0.4, -0.2) is 16.1 Å². The van der Waals surface area contributed by atoms with Gasteiger partial charge in [0, 0.05) is 19.0 Å². The number of aryl methyl sites for hydroxylation is 2. The topological polar surface area (TPSA) is 43.8 Å². The van der Waals surface area contributed by atoms with Crippen molar-refractivity contribution in [2.24, 2.45) is 5.73 Å². The summed E-state index contributed by atoms with van der Waals surface area (Å²) in [7, 11) is 0. The summed E-state index contributed by atoms with van der Waals surface area (Å²) in [4.78, 5) is 4.89. The molecule has 0 spiro atoms. The maximum Gasteiger partial charge on any atom is 0.114 e. The van der Waals surface area contributed by atoms with Crippen molar-refractivity contribution in [3.8, 4) is 0 Å². The van der Waals surface area contributed by atoms with Gasteiger partial charge in [0.25, 0.3) is 0 Å². The summed E-state index contributed by atoms with van der Waals surface area (Å²) in [5.74, 6) is 1.35. The molecule has 2 N–H and O–H groups in total. The minimum atomic E-state index is 0.245. The summed E-state index contributed by atoms with van der Waals surface area (Å²) in [5.41, 5.74) is 10.9. The second kappa shape index (κ2) is 6.32. The molecule has 0 aliphatic heterocycles. The van der Waals surface area contributed by atoms with Gasteiger partial charge in [-0.15, -0.1) is 0 Å². The molecule has 0 fully saturated rings. The normalized spacial score (nSPS) is 12.7. The van der Waals surface area contributed by atoms with Crippen molar-refractivity contribution in [1.82, 2.24) is 9.55 Å². The fourth-order valence-corrected chi connectivity index (χ4v) is 3.08. The molecular formula is C19H23N3. The quantitative estimate of drug-likeness (QED) is 0.780. The van der Waals surface area contributed by atoms with Crippen LogP contribution >= 0.6 is 0 Å². The number of aromatic nitrogens is 2. The zero-order chi connectivity index (χ0) is 15.5. The van der Waals surface area contributed by atoms with Gasteiger partial charge in [0.1, 0.15) is 5.82 Å². The molecule has 0 bridgehead atoms. The van der Waals surface area contributed by atoms with E-state index in [-0.39, 0.29) is 5.92 Å². The van der Waals surface area contributed by atoms with Gasteiger partial charge in [0.15, 0.2) is 0 Å². The SMILES string of the molecule is CCn1c(C(CN)Cc2ccccc2)nc2cc(C)ccc21. The third-order valence-electron chi connectivity index (χ3n) is 4.22. The molecule has 2 aromatic carbocycles. The second-order valence-corrected chi connectivity index (χ2v) is 5.83. The van der Waals surface area contributed by atoms with Gasteiger partial charge >= 0.3 is 0 Å². The highest BCUT2D eigenvalue weighted by Gasteiger charge is 2.19. The van der Waals surface area contributed by atoms with Crippen molar-refractivity contribution < 1.29 is 0 Å².